The van der Waals surface area contributed by atoms with Crippen molar-refractivity contribution in [3.63, 3.8) is 0 Å². The monoisotopic (exact) mass is 360 g/mol. The van der Waals surface area contributed by atoms with Crippen LogP contribution in [0.5, 0.6) is 0 Å². The summed E-state index contributed by atoms with van der Waals surface area (Å²) in [7, 11) is 0. The molecular formula is C26H32O. The highest BCUT2D eigenvalue weighted by molar-refractivity contribution is 5.53. The van der Waals surface area contributed by atoms with Gasteiger partial charge in [0.05, 0.1) is 0 Å². The summed E-state index contributed by atoms with van der Waals surface area (Å²) >= 11 is 0. The van der Waals surface area contributed by atoms with E-state index >= 15 is 0 Å². The average molecular weight is 361 g/mol. The first kappa shape index (κ1) is 20.9. The summed E-state index contributed by atoms with van der Waals surface area (Å²) in [5.74, 6) is 0. The van der Waals surface area contributed by atoms with Crippen molar-refractivity contribution in [2.24, 2.45) is 0 Å². The van der Waals surface area contributed by atoms with Crippen LogP contribution in [0.1, 0.15) is 44.2 Å². The lowest BCUT2D eigenvalue weighted by Crippen LogP contribution is -2.30. The van der Waals surface area contributed by atoms with E-state index in [1.165, 1.54) is 16.7 Å². The van der Waals surface area contributed by atoms with Gasteiger partial charge in [-0.15, -0.1) is 0 Å². The van der Waals surface area contributed by atoms with Gasteiger partial charge < -0.3 is 4.74 Å². The molecule has 2 aromatic carbocycles. The molecule has 0 bridgehead atoms. The minimum atomic E-state index is -0.223. The fraction of sp³-hybridized carbons (Fsp3) is 0.308. The van der Waals surface area contributed by atoms with Crippen LogP contribution in [0, 0.1) is 0 Å². The molecule has 0 atom stereocenters. The summed E-state index contributed by atoms with van der Waals surface area (Å²) in [5.41, 5.74) is 3.64. The molecule has 0 aliphatic heterocycles. The van der Waals surface area contributed by atoms with Crippen LogP contribution in [0.15, 0.2) is 97.1 Å². The Kier molecular flexibility index (Phi) is 8.80. The van der Waals surface area contributed by atoms with Crippen LogP contribution in [0.2, 0.25) is 0 Å². The Morgan fingerprint density at radius 1 is 0.963 bits per heavy atom. The molecule has 0 aromatic heterocycles. The first-order chi connectivity index (χ1) is 13.3. The largest absolute Gasteiger partial charge is 0.381 e. The maximum absolute atomic E-state index is 5.79. The zero-order valence-electron chi connectivity index (χ0n) is 16.7. The molecule has 1 heteroatoms. The van der Waals surface area contributed by atoms with Crippen molar-refractivity contribution in [1.82, 2.24) is 0 Å². The number of hydrogen-bond donors (Lipinski definition) is 0. The van der Waals surface area contributed by atoms with Gasteiger partial charge in [-0.2, -0.15) is 0 Å². The van der Waals surface area contributed by atoms with Crippen LogP contribution >= 0.6 is 0 Å². The fourth-order valence-corrected chi connectivity index (χ4v) is 3.71. The second-order valence-corrected chi connectivity index (χ2v) is 6.71. The van der Waals surface area contributed by atoms with Gasteiger partial charge in [0.1, 0.15) is 0 Å². The van der Waals surface area contributed by atoms with E-state index in [0.29, 0.717) is 0 Å². The lowest BCUT2D eigenvalue weighted by Gasteiger charge is -2.37. The summed E-state index contributed by atoms with van der Waals surface area (Å²) in [6.45, 7) is 9.80. The van der Waals surface area contributed by atoms with E-state index < -0.39 is 0 Å². The van der Waals surface area contributed by atoms with E-state index in [2.05, 4.69) is 99.3 Å². The molecule has 0 saturated carbocycles. The number of ether oxygens (including phenoxy) is 1. The normalized spacial score (nSPS) is 12.4. The Bertz CT molecular complexity index is 686. The molecule has 0 aliphatic carbocycles. The summed E-state index contributed by atoms with van der Waals surface area (Å²) in [6, 6.07) is 21.6. The molecule has 0 spiro atoms. The lowest BCUT2D eigenvalue weighted by atomic mass is 9.66. The quantitative estimate of drug-likeness (QED) is 0.314. The molecule has 0 heterocycles. The molecule has 0 unspecified atom stereocenters. The second kappa shape index (κ2) is 11.4. The van der Waals surface area contributed by atoms with E-state index in [4.69, 9.17) is 4.74 Å². The van der Waals surface area contributed by atoms with Crippen molar-refractivity contribution >= 4 is 0 Å². The van der Waals surface area contributed by atoms with Crippen LogP contribution in [0.3, 0.4) is 0 Å². The van der Waals surface area contributed by atoms with Crippen LogP contribution in [0.25, 0.3) is 0 Å². The fourth-order valence-electron chi connectivity index (χ4n) is 3.71. The number of allylic oxidation sites excluding steroid dienone is 5. The summed E-state index contributed by atoms with van der Waals surface area (Å²) < 4.78 is 5.79. The SMILES string of the molecule is C=C/C=C(\C=C/C)C(CCCOCCC)(c1ccccc1)c1ccccc1. The minimum absolute atomic E-state index is 0.223. The molecule has 27 heavy (non-hydrogen) atoms. The van der Waals surface area contributed by atoms with E-state index in [1.54, 1.807) is 0 Å². The van der Waals surface area contributed by atoms with Gasteiger partial charge in [0.2, 0.25) is 0 Å². The molecule has 0 radical (unpaired) electrons. The van der Waals surface area contributed by atoms with Crippen molar-refractivity contribution < 1.29 is 4.74 Å². The van der Waals surface area contributed by atoms with E-state index in [-0.39, 0.29) is 5.41 Å². The highest BCUT2D eigenvalue weighted by Crippen LogP contribution is 2.44. The van der Waals surface area contributed by atoms with Gasteiger partial charge in [-0.25, -0.2) is 0 Å². The molecule has 0 aliphatic rings. The predicted octanol–water partition coefficient (Wildman–Crippen LogP) is 6.87. The van der Waals surface area contributed by atoms with Crippen LogP contribution in [-0.4, -0.2) is 13.2 Å². The van der Waals surface area contributed by atoms with Crippen molar-refractivity contribution in [3.05, 3.63) is 108 Å². The van der Waals surface area contributed by atoms with Crippen LogP contribution in [-0.2, 0) is 10.2 Å². The van der Waals surface area contributed by atoms with Gasteiger partial charge in [0.25, 0.3) is 0 Å². The third kappa shape index (κ3) is 5.30. The van der Waals surface area contributed by atoms with Gasteiger partial charge in [-0.1, -0.05) is 98.5 Å². The van der Waals surface area contributed by atoms with E-state index in [1.807, 2.05) is 6.08 Å². The Labute approximate surface area is 165 Å². The van der Waals surface area contributed by atoms with Crippen LogP contribution in [0.4, 0.5) is 0 Å². The Hall–Kier alpha value is -2.38. The van der Waals surface area contributed by atoms with Crippen molar-refractivity contribution in [1.29, 1.82) is 0 Å². The molecule has 142 valence electrons. The smallest absolute Gasteiger partial charge is 0.0466 e. The van der Waals surface area contributed by atoms with E-state index in [9.17, 15) is 0 Å². The predicted molar refractivity (Wildman–Crippen MR) is 117 cm³/mol. The molecule has 0 N–H and O–H groups in total. The van der Waals surface area contributed by atoms with Gasteiger partial charge in [-0.3, -0.25) is 0 Å². The summed E-state index contributed by atoms with van der Waals surface area (Å²) in [4.78, 5) is 0. The minimum Gasteiger partial charge on any atom is -0.381 e. The first-order valence-electron chi connectivity index (χ1n) is 9.94. The number of hydrogen-bond acceptors (Lipinski definition) is 1. The van der Waals surface area contributed by atoms with Gasteiger partial charge in [-0.05, 0) is 42.9 Å². The molecule has 1 nitrogen and oxygen atoms in total. The summed E-state index contributed by atoms with van der Waals surface area (Å²) in [5, 5.41) is 0. The Balaban J connectivity index is 2.58. The van der Waals surface area contributed by atoms with Gasteiger partial charge in [0, 0.05) is 18.6 Å². The lowest BCUT2D eigenvalue weighted by molar-refractivity contribution is 0.128. The average Bonchev–Trinajstić information content (AvgIpc) is 2.72. The van der Waals surface area contributed by atoms with Crippen molar-refractivity contribution in [2.45, 2.75) is 38.5 Å². The molecule has 0 amide bonds. The topological polar surface area (TPSA) is 9.23 Å². The molecule has 2 aromatic rings. The van der Waals surface area contributed by atoms with Gasteiger partial charge in [0.15, 0.2) is 0 Å². The zero-order chi connectivity index (χ0) is 19.4. The molecule has 0 saturated heterocycles. The van der Waals surface area contributed by atoms with Crippen molar-refractivity contribution in [3.8, 4) is 0 Å². The maximum atomic E-state index is 5.79. The standard InChI is InChI=1S/C26H32O/c1-4-14-23(15-5-2)26(20-13-22-27-21-6-3,24-16-9-7-10-17-24)25-18-11-8-12-19-25/h4-5,7-12,14-19H,1,6,13,20-22H2,2-3H3/b15-5-,23-14+. The molecule has 0 fully saturated rings. The third-order valence-corrected chi connectivity index (χ3v) is 4.86. The third-order valence-electron chi connectivity index (χ3n) is 4.86. The highest BCUT2D eigenvalue weighted by atomic mass is 16.5. The molecule has 2 rings (SSSR count). The highest BCUT2D eigenvalue weighted by Gasteiger charge is 2.36. The number of benzene rings is 2. The summed E-state index contributed by atoms with van der Waals surface area (Å²) in [6.07, 6.45) is 11.4. The molecular weight excluding hydrogens is 328 g/mol. The zero-order valence-corrected chi connectivity index (χ0v) is 16.7. The first-order valence-corrected chi connectivity index (χ1v) is 9.94. The number of rotatable bonds is 11. The van der Waals surface area contributed by atoms with Gasteiger partial charge >= 0.3 is 0 Å². The van der Waals surface area contributed by atoms with Crippen molar-refractivity contribution in [2.75, 3.05) is 13.2 Å². The Morgan fingerprint density at radius 3 is 2.04 bits per heavy atom. The van der Waals surface area contributed by atoms with Crippen LogP contribution < -0.4 is 0 Å². The van der Waals surface area contributed by atoms with E-state index in [0.717, 1.165) is 32.5 Å². The Morgan fingerprint density at radius 2 is 1.56 bits per heavy atom. The maximum Gasteiger partial charge on any atom is 0.0466 e. The second-order valence-electron chi connectivity index (χ2n) is 6.71.